The first kappa shape index (κ1) is 20.0. The molecule has 0 aliphatic rings. The van der Waals surface area contributed by atoms with Crippen LogP contribution in [0.5, 0.6) is 0 Å². The van der Waals surface area contributed by atoms with Crippen molar-refractivity contribution < 1.29 is 14.4 Å². The smallest absolute Gasteiger partial charge is 0.251 e. The number of hydrogen-bond acceptors (Lipinski definition) is 4. The third-order valence-electron chi connectivity index (χ3n) is 3.74. The van der Waals surface area contributed by atoms with Crippen molar-refractivity contribution in [3.63, 3.8) is 0 Å². The van der Waals surface area contributed by atoms with Crippen LogP contribution in [0.25, 0.3) is 0 Å². The van der Waals surface area contributed by atoms with E-state index in [2.05, 4.69) is 21.3 Å². The van der Waals surface area contributed by atoms with Gasteiger partial charge in [0.25, 0.3) is 5.91 Å². The molecule has 2 aromatic carbocycles. The van der Waals surface area contributed by atoms with Crippen LogP contribution >= 0.6 is 0 Å². The molecular formula is C20H24N4O3. The maximum Gasteiger partial charge on any atom is 0.251 e. The molecule has 0 fully saturated rings. The van der Waals surface area contributed by atoms with Gasteiger partial charge in [0.05, 0.1) is 6.54 Å². The molecule has 2 rings (SSSR count). The zero-order chi connectivity index (χ0) is 19.8. The van der Waals surface area contributed by atoms with Crippen LogP contribution in [0.3, 0.4) is 0 Å². The number of hydrogen-bond donors (Lipinski definition) is 4. The summed E-state index contributed by atoms with van der Waals surface area (Å²) in [4.78, 5) is 35.3. The Labute approximate surface area is 158 Å². The highest BCUT2D eigenvalue weighted by molar-refractivity contribution is 5.98. The number of amides is 3. The molecule has 0 saturated heterocycles. The van der Waals surface area contributed by atoms with E-state index in [1.54, 1.807) is 36.4 Å². The maximum atomic E-state index is 12.2. The lowest BCUT2D eigenvalue weighted by Crippen LogP contribution is -2.24. The van der Waals surface area contributed by atoms with Gasteiger partial charge in [0.1, 0.15) is 0 Å². The Bertz CT molecular complexity index is 849. The second-order valence-electron chi connectivity index (χ2n) is 6.05. The topological polar surface area (TPSA) is 99.3 Å². The van der Waals surface area contributed by atoms with E-state index in [4.69, 9.17) is 0 Å². The number of rotatable bonds is 7. The van der Waals surface area contributed by atoms with Gasteiger partial charge in [0.15, 0.2) is 0 Å². The highest BCUT2D eigenvalue weighted by Crippen LogP contribution is 2.20. The summed E-state index contributed by atoms with van der Waals surface area (Å²) in [5.74, 6) is -0.584. The molecule has 0 aliphatic heterocycles. The first-order valence-electron chi connectivity index (χ1n) is 8.69. The summed E-state index contributed by atoms with van der Waals surface area (Å²) in [6.07, 6.45) is 0. The molecule has 0 radical (unpaired) electrons. The van der Waals surface area contributed by atoms with Gasteiger partial charge in [-0.2, -0.15) is 0 Å². The Balaban J connectivity index is 1.98. The quantitative estimate of drug-likeness (QED) is 0.604. The highest BCUT2D eigenvalue weighted by Gasteiger charge is 2.08. The van der Waals surface area contributed by atoms with Crippen molar-refractivity contribution in [2.75, 3.05) is 29.0 Å². The van der Waals surface area contributed by atoms with Gasteiger partial charge in [-0.15, -0.1) is 0 Å². The molecule has 4 N–H and O–H groups in total. The second-order valence-corrected chi connectivity index (χ2v) is 6.05. The molecule has 0 saturated carbocycles. The van der Waals surface area contributed by atoms with Crippen LogP contribution in [0.1, 0.15) is 29.8 Å². The third-order valence-corrected chi connectivity index (χ3v) is 3.74. The molecule has 3 amide bonds. The van der Waals surface area contributed by atoms with E-state index in [1.165, 1.54) is 6.92 Å². The first-order chi connectivity index (χ1) is 12.9. The predicted molar refractivity (Wildman–Crippen MR) is 107 cm³/mol. The van der Waals surface area contributed by atoms with Gasteiger partial charge in [-0.25, -0.2) is 0 Å². The van der Waals surface area contributed by atoms with Crippen molar-refractivity contribution in [1.29, 1.82) is 0 Å². The van der Waals surface area contributed by atoms with E-state index >= 15 is 0 Å². The average molecular weight is 368 g/mol. The lowest BCUT2D eigenvalue weighted by molar-refractivity contribution is -0.115. The largest absolute Gasteiger partial charge is 0.376 e. The lowest BCUT2D eigenvalue weighted by Gasteiger charge is -2.12. The fraction of sp³-hybridized carbons (Fsp3) is 0.250. The normalized spacial score (nSPS) is 10.0. The molecule has 0 aromatic heterocycles. The molecule has 27 heavy (non-hydrogen) atoms. The molecule has 7 nitrogen and oxygen atoms in total. The number of benzene rings is 2. The van der Waals surface area contributed by atoms with E-state index < -0.39 is 0 Å². The molecule has 142 valence electrons. The monoisotopic (exact) mass is 368 g/mol. The summed E-state index contributed by atoms with van der Waals surface area (Å²) >= 11 is 0. The van der Waals surface area contributed by atoms with Gasteiger partial charge in [-0.1, -0.05) is 12.1 Å². The fourth-order valence-corrected chi connectivity index (χ4v) is 2.47. The predicted octanol–water partition coefficient (Wildman–Crippen LogP) is 2.75. The van der Waals surface area contributed by atoms with Crippen molar-refractivity contribution in [1.82, 2.24) is 5.32 Å². The van der Waals surface area contributed by atoms with E-state index in [-0.39, 0.29) is 24.3 Å². The van der Waals surface area contributed by atoms with Gasteiger partial charge in [0.2, 0.25) is 11.8 Å². The van der Waals surface area contributed by atoms with E-state index in [0.717, 1.165) is 11.3 Å². The van der Waals surface area contributed by atoms with Crippen molar-refractivity contribution in [2.45, 2.75) is 20.8 Å². The standard InChI is InChI=1S/C20H24N4O3/c1-4-21-20(27)15-6-5-7-16(10-15)24-19(26)12-22-18-11-17(23-14(3)25)9-8-13(18)2/h5-11,22H,4,12H2,1-3H3,(H,21,27)(H,23,25)(H,24,26). The Hall–Kier alpha value is -3.35. The summed E-state index contributed by atoms with van der Waals surface area (Å²) in [5, 5.41) is 11.3. The van der Waals surface area contributed by atoms with Crippen LogP contribution in [-0.4, -0.2) is 30.8 Å². The average Bonchev–Trinajstić information content (AvgIpc) is 2.62. The Morgan fingerprint density at radius 2 is 1.70 bits per heavy atom. The minimum atomic E-state index is -0.243. The summed E-state index contributed by atoms with van der Waals surface area (Å²) < 4.78 is 0. The number of carbonyl (C=O) groups excluding carboxylic acids is 3. The molecule has 0 heterocycles. The SMILES string of the molecule is CCNC(=O)c1cccc(NC(=O)CNc2cc(NC(C)=O)ccc2C)c1. The fourth-order valence-electron chi connectivity index (χ4n) is 2.47. The van der Waals surface area contributed by atoms with Crippen LogP contribution in [-0.2, 0) is 9.59 Å². The lowest BCUT2D eigenvalue weighted by atomic mass is 10.1. The van der Waals surface area contributed by atoms with Gasteiger partial charge in [-0.3, -0.25) is 14.4 Å². The summed E-state index contributed by atoms with van der Waals surface area (Å²) in [6, 6.07) is 12.2. The van der Waals surface area contributed by atoms with Crippen molar-refractivity contribution >= 4 is 34.8 Å². The summed E-state index contributed by atoms with van der Waals surface area (Å²) in [7, 11) is 0. The van der Waals surface area contributed by atoms with Gasteiger partial charge < -0.3 is 21.3 Å². The number of carbonyl (C=O) groups is 3. The molecular weight excluding hydrogens is 344 g/mol. The number of anilines is 3. The minimum Gasteiger partial charge on any atom is -0.376 e. The highest BCUT2D eigenvalue weighted by atomic mass is 16.2. The molecule has 2 aromatic rings. The van der Waals surface area contributed by atoms with Crippen molar-refractivity contribution in [3.8, 4) is 0 Å². The van der Waals surface area contributed by atoms with Crippen LogP contribution in [0.2, 0.25) is 0 Å². The molecule has 0 atom stereocenters. The van der Waals surface area contributed by atoms with Gasteiger partial charge in [-0.05, 0) is 49.7 Å². The minimum absolute atomic E-state index is 0.0513. The molecule has 0 unspecified atom stereocenters. The number of aryl methyl sites for hydroxylation is 1. The Kier molecular flexibility index (Phi) is 6.93. The summed E-state index contributed by atoms with van der Waals surface area (Å²) in [5.41, 5.74) is 3.41. The zero-order valence-corrected chi connectivity index (χ0v) is 15.7. The number of nitrogens with one attached hydrogen (secondary N) is 4. The Morgan fingerprint density at radius 1 is 0.963 bits per heavy atom. The van der Waals surface area contributed by atoms with Crippen molar-refractivity contribution in [3.05, 3.63) is 53.6 Å². The Morgan fingerprint density at radius 3 is 2.41 bits per heavy atom. The van der Waals surface area contributed by atoms with Gasteiger partial charge in [0, 0.05) is 36.1 Å². The zero-order valence-electron chi connectivity index (χ0n) is 15.7. The molecule has 0 bridgehead atoms. The van der Waals surface area contributed by atoms with Crippen LogP contribution in [0.15, 0.2) is 42.5 Å². The van der Waals surface area contributed by atoms with Crippen molar-refractivity contribution in [2.24, 2.45) is 0 Å². The molecule has 7 heteroatoms. The van der Waals surface area contributed by atoms with Crippen LogP contribution in [0.4, 0.5) is 17.1 Å². The maximum absolute atomic E-state index is 12.2. The van der Waals surface area contributed by atoms with E-state index in [9.17, 15) is 14.4 Å². The van der Waals surface area contributed by atoms with Gasteiger partial charge >= 0.3 is 0 Å². The summed E-state index contributed by atoms with van der Waals surface area (Å²) in [6.45, 7) is 5.78. The van der Waals surface area contributed by atoms with Crippen LogP contribution < -0.4 is 21.3 Å². The van der Waals surface area contributed by atoms with E-state index in [1.807, 2.05) is 19.9 Å². The van der Waals surface area contributed by atoms with Crippen LogP contribution in [0, 0.1) is 6.92 Å². The second kappa shape index (κ2) is 9.38. The van der Waals surface area contributed by atoms with E-state index in [0.29, 0.717) is 23.5 Å². The first-order valence-corrected chi connectivity index (χ1v) is 8.69. The molecule has 0 spiro atoms. The third kappa shape index (κ3) is 6.14. The molecule has 0 aliphatic carbocycles.